The molecular weight excluding hydrogens is 518 g/mol. The number of anilines is 1. The molecule has 2 aromatic carbocycles. The second-order valence-electron chi connectivity index (χ2n) is 10.7. The van der Waals surface area contributed by atoms with E-state index < -0.39 is 15.9 Å². The average Bonchev–Trinajstić information content (AvgIpc) is 2.91. The first-order valence-corrected chi connectivity index (χ1v) is 15.3. The maximum Gasteiger partial charge on any atom is 0.265 e. The predicted molar refractivity (Wildman–Crippen MR) is 148 cm³/mol. The third-order valence-corrected chi connectivity index (χ3v) is 10.1. The third-order valence-electron chi connectivity index (χ3n) is 8.06. The molecule has 39 heavy (non-hydrogen) atoms. The standard InChI is InChI=1S/C29H37N3O6S/c1-4-31(5-2)39(35,36)21-10-12-26-24(16-21)32(28(34)19-37-26)18-27(33)30-23-17-29(13-7-6-8-14-29)38-25-11-9-20(3)15-22(23)25/h9-12,15-16,23H,4-8,13-14,17-19H2,1-3H3,(H,30,33). The van der Waals surface area contributed by atoms with Gasteiger partial charge in [0.25, 0.3) is 5.91 Å². The van der Waals surface area contributed by atoms with Gasteiger partial charge in [-0.2, -0.15) is 4.31 Å². The van der Waals surface area contributed by atoms with Crippen LogP contribution in [0.4, 0.5) is 5.69 Å². The van der Waals surface area contributed by atoms with Crippen molar-refractivity contribution < 1.29 is 27.5 Å². The Kier molecular flexibility index (Phi) is 7.61. The Morgan fingerprint density at radius 1 is 1.08 bits per heavy atom. The molecule has 1 fully saturated rings. The highest BCUT2D eigenvalue weighted by Crippen LogP contribution is 2.46. The summed E-state index contributed by atoms with van der Waals surface area (Å²) >= 11 is 0. The molecule has 0 saturated heterocycles. The van der Waals surface area contributed by atoms with Crippen LogP contribution < -0.4 is 19.7 Å². The van der Waals surface area contributed by atoms with E-state index >= 15 is 0 Å². The first-order valence-electron chi connectivity index (χ1n) is 13.8. The van der Waals surface area contributed by atoms with Gasteiger partial charge in [0.2, 0.25) is 15.9 Å². The lowest BCUT2D eigenvalue weighted by molar-refractivity contribution is -0.126. The number of nitrogens with zero attached hydrogens (tertiary/aromatic N) is 2. The number of rotatable bonds is 7. The minimum Gasteiger partial charge on any atom is -0.487 e. The van der Waals surface area contributed by atoms with Gasteiger partial charge in [-0.3, -0.25) is 14.5 Å². The molecule has 5 rings (SSSR count). The van der Waals surface area contributed by atoms with Crippen molar-refractivity contribution in [1.29, 1.82) is 0 Å². The third kappa shape index (κ3) is 5.36. The lowest BCUT2D eigenvalue weighted by Crippen LogP contribution is -2.49. The molecule has 210 valence electrons. The number of ether oxygens (including phenoxy) is 2. The molecule has 1 atom stereocenters. The van der Waals surface area contributed by atoms with E-state index in [0.29, 0.717) is 25.3 Å². The summed E-state index contributed by atoms with van der Waals surface area (Å²) < 4.78 is 39.7. The van der Waals surface area contributed by atoms with Gasteiger partial charge in [-0.15, -0.1) is 0 Å². The molecule has 1 unspecified atom stereocenters. The van der Waals surface area contributed by atoms with Gasteiger partial charge in [0, 0.05) is 25.1 Å². The average molecular weight is 556 g/mol. The molecule has 1 spiro atoms. The molecule has 2 aliphatic heterocycles. The van der Waals surface area contributed by atoms with E-state index in [0.717, 1.165) is 42.6 Å². The molecule has 2 aromatic rings. The van der Waals surface area contributed by atoms with Crippen LogP contribution >= 0.6 is 0 Å². The summed E-state index contributed by atoms with van der Waals surface area (Å²) in [7, 11) is -3.75. The van der Waals surface area contributed by atoms with Crippen LogP contribution in [0.15, 0.2) is 41.3 Å². The number of carbonyl (C=O) groups excluding carboxylic acids is 2. The molecule has 2 heterocycles. The fourth-order valence-corrected chi connectivity index (χ4v) is 7.51. The van der Waals surface area contributed by atoms with Crippen LogP contribution in [0.1, 0.15) is 69.5 Å². The van der Waals surface area contributed by atoms with Crippen LogP contribution in [0, 0.1) is 6.92 Å². The number of nitrogens with one attached hydrogen (secondary N) is 1. The van der Waals surface area contributed by atoms with E-state index in [-0.39, 0.29) is 41.3 Å². The lowest BCUT2D eigenvalue weighted by Gasteiger charge is -2.45. The molecule has 0 radical (unpaired) electrons. The molecule has 2 amide bonds. The van der Waals surface area contributed by atoms with Crippen LogP contribution in [0.2, 0.25) is 0 Å². The van der Waals surface area contributed by atoms with E-state index in [4.69, 9.17) is 9.47 Å². The second-order valence-corrected chi connectivity index (χ2v) is 12.6. The molecule has 1 saturated carbocycles. The Hall–Kier alpha value is -3.11. The molecule has 0 bridgehead atoms. The van der Waals surface area contributed by atoms with Gasteiger partial charge in [0.1, 0.15) is 23.6 Å². The van der Waals surface area contributed by atoms with Crippen LogP contribution in [-0.4, -0.2) is 56.4 Å². The van der Waals surface area contributed by atoms with E-state index in [1.54, 1.807) is 19.9 Å². The highest BCUT2D eigenvalue weighted by Gasteiger charge is 2.42. The van der Waals surface area contributed by atoms with Crippen molar-refractivity contribution in [2.45, 2.75) is 75.8 Å². The van der Waals surface area contributed by atoms with Gasteiger partial charge < -0.3 is 14.8 Å². The van der Waals surface area contributed by atoms with Gasteiger partial charge in [-0.1, -0.05) is 38.0 Å². The van der Waals surface area contributed by atoms with Crippen molar-refractivity contribution in [3.05, 3.63) is 47.5 Å². The second kappa shape index (κ2) is 10.8. The minimum atomic E-state index is -3.75. The molecule has 1 N–H and O–H groups in total. The van der Waals surface area contributed by atoms with E-state index in [9.17, 15) is 18.0 Å². The van der Waals surface area contributed by atoms with E-state index in [1.807, 2.05) is 19.1 Å². The SMILES string of the molecule is CCN(CC)S(=O)(=O)c1ccc2c(c1)N(CC(=O)NC1CC3(CCCCC3)Oc3ccc(C)cc31)C(=O)CO2. The number of benzene rings is 2. The van der Waals surface area contributed by atoms with Crippen LogP contribution in [0.3, 0.4) is 0 Å². The van der Waals surface area contributed by atoms with Crippen molar-refractivity contribution >= 4 is 27.5 Å². The Morgan fingerprint density at radius 2 is 1.79 bits per heavy atom. The van der Waals surface area contributed by atoms with Gasteiger partial charge in [-0.05, 0) is 56.9 Å². The zero-order valence-corrected chi connectivity index (χ0v) is 23.7. The fourth-order valence-electron chi connectivity index (χ4n) is 6.03. The zero-order valence-electron chi connectivity index (χ0n) is 22.9. The monoisotopic (exact) mass is 555 g/mol. The van der Waals surface area contributed by atoms with Crippen molar-refractivity contribution in [3.63, 3.8) is 0 Å². The van der Waals surface area contributed by atoms with Crippen LogP contribution in [0.5, 0.6) is 11.5 Å². The maximum absolute atomic E-state index is 13.5. The summed E-state index contributed by atoms with van der Waals surface area (Å²) in [5.74, 6) is 0.452. The molecule has 0 aromatic heterocycles. The number of hydrogen-bond donors (Lipinski definition) is 1. The number of amides is 2. The van der Waals surface area contributed by atoms with Crippen molar-refractivity contribution in [2.24, 2.45) is 0 Å². The van der Waals surface area contributed by atoms with Gasteiger partial charge >= 0.3 is 0 Å². The molecule has 1 aliphatic carbocycles. The summed E-state index contributed by atoms with van der Waals surface area (Å²) in [6, 6.07) is 10.3. The number of hydrogen-bond acceptors (Lipinski definition) is 6. The first kappa shape index (κ1) is 27.5. The predicted octanol–water partition coefficient (Wildman–Crippen LogP) is 4.09. The van der Waals surface area contributed by atoms with Crippen molar-refractivity contribution in [3.8, 4) is 11.5 Å². The Labute approximate surface area is 230 Å². The zero-order chi connectivity index (χ0) is 27.8. The number of aryl methyl sites for hydroxylation is 1. The van der Waals surface area contributed by atoms with Gasteiger partial charge in [0.15, 0.2) is 6.61 Å². The Balaban J connectivity index is 1.40. The van der Waals surface area contributed by atoms with E-state index in [2.05, 4.69) is 11.4 Å². The highest BCUT2D eigenvalue weighted by molar-refractivity contribution is 7.89. The van der Waals surface area contributed by atoms with Crippen molar-refractivity contribution in [2.75, 3.05) is 31.1 Å². The normalized spacial score (nSPS) is 20.2. The summed E-state index contributed by atoms with van der Waals surface area (Å²) in [4.78, 5) is 27.8. The van der Waals surface area contributed by atoms with E-state index in [1.165, 1.54) is 27.8 Å². The molecule has 10 heteroatoms. The Bertz CT molecular complexity index is 1370. The van der Waals surface area contributed by atoms with Gasteiger partial charge in [0.05, 0.1) is 16.6 Å². The quantitative estimate of drug-likeness (QED) is 0.552. The summed E-state index contributed by atoms with van der Waals surface area (Å²) in [5, 5.41) is 3.17. The summed E-state index contributed by atoms with van der Waals surface area (Å²) in [6.07, 6.45) is 5.96. The van der Waals surface area contributed by atoms with Gasteiger partial charge in [-0.25, -0.2) is 8.42 Å². The Morgan fingerprint density at radius 3 is 2.51 bits per heavy atom. The minimum absolute atomic E-state index is 0.0572. The molecule has 3 aliphatic rings. The van der Waals surface area contributed by atoms with Crippen LogP contribution in [0.25, 0.3) is 0 Å². The first-order chi connectivity index (χ1) is 18.7. The van der Waals surface area contributed by atoms with Crippen molar-refractivity contribution in [1.82, 2.24) is 9.62 Å². The molecule has 9 nitrogen and oxygen atoms in total. The van der Waals surface area contributed by atoms with Crippen LogP contribution in [-0.2, 0) is 19.6 Å². The smallest absolute Gasteiger partial charge is 0.265 e. The number of fused-ring (bicyclic) bond motifs is 2. The summed E-state index contributed by atoms with van der Waals surface area (Å²) in [6.45, 7) is 5.75. The molecular formula is C29H37N3O6S. The highest BCUT2D eigenvalue weighted by atomic mass is 32.2. The lowest BCUT2D eigenvalue weighted by atomic mass is 9.77. The maximum atomic E-state index is 13.5. The summed E-state index contributed by atoms with van der Waals surface area (Å²) in [5.41, 5.74) is 2.01. The largest absolute Gasteiger partial charge is 0.487 e. The topological polar surface area (TPSA) is 105 Å². The fraction of sp³-hybridized carbons (Fsp3) is 0.517. The number of sulfonamides is 1. The number of carbonyl (C=O) groups is 2.